The highest BCUT2D eigenvalue weighted by molar-refractivity contribution is 5.88. The summed E-state index contributed by atoms with van der Waals surface area (Å²) in [6, 6.07) is 6.56. The second-order valence-electron chi connectivity index (χ2n) is 6.35. The molecule has 0 fully saturated rings. The van der Waals surface area contributed by atoms with E-state index in [0.29, 0.717) is 6.04 Å². The quantitative estimate of drug-likeness (QED) is 0.920. The highest BCUT2D eigenvalue weighted by Gasteiger charge is 2.37. The molecule has 1 N–H and O–H groups in total. The van der Waals surface area contributed by atoms with Crippen LogP contribution in [-0.4, -0.2) is 27.6 Å². The topological polar surface area (TPSA) is 49.0 Å². The highest BCUT2D eigenvalue weighted by atomic mass is 16.7. The molecular formula is C19H19NO4. The van der Waals surface area contributed by atoms with Crippen LogP contribution < -0.4 is 24.3 Å². The Balaban J connectivity index is 1.89. The van der Waals surface area contributed by atoms with Gasteiger partial charge in [-0.15, -0.1) is 0 Å². The Morgan fingerprint density at radius 1 is 1.08 bits per heavy atom. The maximum Gasteiger partial charge on any atom is 0.231 e. The summed E-state index contributed by atoms with van der Waals surface area (Å²) >= 11 is 0. The van der Waals surface area contributed by atoms with E-state index < -0.39 is 0 Å². The lowest BCUT2D eigenvalue weighted by Gasteiger charge is -2.35. The minimum Gasteiger partial charge on any atom is -0.493 e. The van der Waals surface area contributed by atoms with E-state index in [0.717, 1.165) is 53.5 Å². The van der Waals surface area contributed by atoms with Crippen LogP contribution in [-0.2, 0) is 12.8 Å². The molecule has 5 nitrogen and oxygen atoms in total. The van der Waals surface area contributed by atoms with Gasteiger partial charge in [0, 0.05) is 17.2 Å². The standard InChI is InChI=1S/C19H19NO4/c1-21-13-4-3-10-7-12-15-11(5-6-20-12)8-14-19(24-9-23-14)17(15)16(10)18(13)22-2/h3-4,8,12,20H,5-7,9H2,1-2H3/t12-/m1/s1. The number of ether oxygens (including phenoxy) is 4. The summed E-state index contributed by atoms with van der Waals surface area (Å²) in [7, 11) is 3.36. The van der Waals surface area contributed by atoms with Crippen molar-refractivity contribution in [2.45, 2.75) is 18.9 Å². The van der Waals surface area contributed by atoms with Gasteiger partial charge in [0.1, 0.15) is 0 Å². The van der Waals surface area contributed by atoms with Crippen molar-refractivity contribution < 1.29 is 18.9 Å². The number of nitrogens with one attached hydrogen (secondary N) is 1. The molecule has 5 heteroatoms. The zero-order valence-electron chi connectivity index (χ0n) is 13.8. The molecule has 2 heterocycles. The monoisotopic (exact) mass is 325 g/mol. The molecule has 1 atom stereocenters. The van der Waals surface area contributed by atoms with Gasteiger partial charge in [0.2, 0.25) is 6.79 Å². The number of methoxy groups -OCH3 is 2. The Bertz CT molecular complexity index is 846. The third-order valence-corrected chi connectivity index (χ3v) is 5.23. The van der Waals surface area contributed by atoms with E-state index in [-0.39, 0.29) is 6.79 Å². The van der Waals surface area contributed by atoms with Gasteiger partial charge < -0.3 is 24.3 Å². The predicted octanol–water partition coefficient (Wildman–Crippen LogP) is 2.84. The highest BCUT2D eigenvalue weighted by Crippen LogP contribution is 2.56. The Hall–Kier alpha value is -2.40. The molecule has 2 aromatic carbocycles. The summed E-state index contributed by atoms with van der Waals surface area (Å²) in [4.78, 5) is 0. The summed E-state index contributed by atoms with van der Waals surface area (Å²) in [6.07, 6.45) is 1.94. The van der Waals surface area contributed by atoms with E-state index >= 15 is 0 Å². The molecule has 2 aliphatic heterocycles. The zero-order valence-corrected chi connectivity index (χ0v) is 13.8. The Morgan fingerprint density at radius 3 is 2.83 bits per heavy atom. The van der Waals surface area contributed by atoms with Gasteiger partial charge in [-0.25, -0.2) is 0 Å². The predicted molar refractivity (Wildman–Crippen MR) is 89.3 cm³/mol. The first-order chi connectivity index (χ1) is 11.8. The minimum atomic E-state index is 0.269. The van der Waals surface area contributed by atoms with Gasteiger partial charge in [0.05, 0.1) is 14.2 Å². The van der Waals surface area contributed by atoms with Crippen molar-refractivity contribution in [3.8, 4) is 34.1 Å². The first kappa shape index (κ1) is 14.0. The lowest BCUT2D eigenvalue weighted by molar-refractivity contribution is 0.174. The van der Waals surface area contributed by atoms with E-state index in [4.69, 9.17) is 18.9 Å². The van der Waals surface area contributed by atoms with Gasteiger partial charge in [-0.1, -0.05) is 6.07 Å². The Morgan fingerprint density at radius 2 is 2.00 bits per heavy atom. The third kappa shape index (κ3) is 1.73. The molecule has 5 rings (SSSR count). The maximum absolute atomic E-state index is 5.85. The SMILES string of the molecule is COc1ccc2c(c1OC)-c1c3c(cc4c1[C@@H](C2)NCC4)OCO3. The molecule has 0 saturated heterocycles. The average Bonchev–Trinajstić information content (AvgIpc) is 3.08. The molecule has 0 aromatic heterocycles. The van der Waals surface area contributed by atoms with Crippen molar-refractivity contribution in [3.63, 3.8) is 0 Å². The van der Waals surface area contributed by atoms with Crippen LogP contribution in [0, 0.1) is 0 Å². The smallest absolute Gasteiger partial charge is 0.231 e. The lowest BCUT2D eigenvalue weighted by Crippen LogP contribution is -2.33. The molecule has 0 amide bonds. The minimum absolute atomic E-state index is 0.269. The largest absolute Gasteiger partial charge is 0.493 e. The van der Waals surface area contributed by atoms with Gasteiger partial charge in [-0.2, -0.15) is 0 Å². The number of rotatable bonds is 2. The van der Waals surface area contributed by atoms with Crippen molar-refractivity contribution in [1.82, 2.24) is 5.32 Å². The summed E-state index contributed by atoms with van der Waals surface area (Å²) in [5.74, 6) is 3.17. The number of hydrogen-bond donors (Lipinski definition) is 1. The van der Waals surface area contributed by atoms with Crippen LogP contribution in [0.5, 0.6) is 23.0 Å². The Labute approximate surface area is 140 Å². The molecule has 124 valence electrons. The number of fused-ring (bicyclic) bond motifs is 4. The molecule has 24 heavy (non-hydrogen) atoms. The van der Waals surface area contributed by atoms with Gasteiger partial charge in [0.25, 0.3) is 0 Å². The molecule has 0 bridgehead atoms. The van der Waals surface area contributed by atoms with E-state index in [9.17, 15) is 0 Å². The van der Waals surface area contributed by atoms with E-state index in [1.165, 1.54) is 16.7 Å². The second kappa shape index (κ2) is 5.05. The van der Waals surface area contributed by atoms with Crippen LogP contribution in [0.3, 0.4) is 0 Å². The summed E-state index contributed by atoms with van der Waals surface area (Å²) < 4.78 is 22.8. The van der Waals surface area contributed by atoms with Crippen molar-refractivity contribution in [2.75, 3.05) is 27.6 Å². The van der Waals surface area contributed by atoms with Crippen LogP contribution in [0.25, 0.3) is 11.1 Å². The van der Waals surface area contributed by atoms with E-state index in [1.807, 2.05) is 6.07 Å². The normalized spacial score (nSPS) is 19.5. The maximum atomic E-state index is 5.85. The molecule has 1 aliphatic carbocycles. The van der Waals surface area contributed by atoms with Crippen molar-refractivity contribution >= 4 is 0 Å². The van der Waals surface area contributed by atoms with Gasteiger partial charge in [0.15, 0.2) is 23.0 Å². The molecule has 0 spiro atoms. The fraction of sp³-hybridized carbons (Fsp3) is 0.368. The molecule has 3 aliphatic rings. The summed E-state index contributed by atoms with van der Waals surface area (Å²) in [5.41, 5.74) is 6.09. The number of benzene rings is 2. The van der Waals surface area contributed by atoms with E-state index in [1.54, 1.807) is 14.2 Å². The molecule has 2 aromatic rings. The number of hydrogen-bond acceptors (Lipinski definition) is 5. The zero-order chi connectivity index (χ0) is 16.3. The fourth-order valence-corrected chi connectivity index (χ4v) is 4.25. The van der Waals surface area contributed by atoms with Crippen LogP contribution in [0.1, 0.15) is 22.7 Å². The second-order valence-corrected chi connectivity index (χ2v) is 6.35. The molecule has 0 unspecified atom stereocenters. The first-order valence-electron chi connectivity index (χ1n) is 8.24. The van der Waals surface area contributed by atoms with Gasteiger partial charge in [-0.3, -0.25) is 0 Å². The summed E-state index contributed by atoms with van der Waals surface area (Å²) in [5, 5.41) is 3.65. The Kier molecular flexibility index (Phi) is 2.94. The van der Waals surface area contributed by atoms with Crippen molar-refractivity contribution in [3.05, 3.63) is 34.9 Å². The summed E-state index contributed by atoms with van der Waals surface area (Å²) in [6.45, 7) is 1.25. The first-order valence-corrected chi connectivity index (χ1v) is 8.24. The average molecular weight is 325 g/mol. The third-order valence-electron chi connectivity index (χ3n) is 5.23. The van der Waals surface area contributed by atoms with Gasteiger partial charge in [-0.05, 0) is 48.2 Å². The molecule has 0 radical (unpaired) electrons. The van der Waals surface area contributed by atoms with Crippen LogP contribution >= 0.6 is 0 Å². The molecule has 0 saturated carbocycles. The van der Waals surface area contributed by atoms with Crippen molar-refractivity contribution in [2.24, 2.45) is 0 Å². The van der Waals surface area contributed by atoms with Crippen molar-refractivity contribution in [1.29, 1.82) is 0 Å². The van der Waals surface area contributed by atoms with Crippen LogP contribution in [0.4, 0.5) is 0 Å². The van der Waals surface area contributed by atoms with Crippen LogP contribution in [0.2, 0.25) is 0 Å². The molecular weight excluding hydrogens is 306 g/mol. The van der Waals surface area contributed by atoms with Crippen LogP contribution in [0.15, 0.2) is 18.2 Å². The van der Waals surface area contributed by atoms with E-state index in [2.05, 4.69) is 17.4 Å². The fourth-order valence-electron chi connectivity index (χ4n) is 4.25. The van der Waals surface area contributed by atoms with Gasteiger partial charge >= 0.3 is 0 Å². The lowest BCUT2D eigenvalue weighted by atomic mass is 9.77.